The molecule has 0 saturated carbocycles. The molecule has 0 saturated heterocycles. The van der Waals surface area contributed by atoms with Crippen LogP contribution in [0.5, 0.6) is 0 Å². The minimum atomic E-state index is -0.214. The molecule has 1 aromatic carbocycles. The lowest BCUT2D eigenvalue weighted by Gasteiger charge is -2.26. The zero-order valence-corrected chi connectivity index (χ0v) is 12.1. The molecule has 2 nitrogen and oxygen atoms in total. The molecule has 0 amide bonds. The number of rotatable bonds is 6. The van der Waals surface area contributed by atoms with Gasteiger partial charge in [-0.1, -0.05) is 26.0 Å². The highest BCUT2D eigenvalue weighted by Crippen LogP contribution is 2.27. The topological polar surface area (TPSA) is 21.3 Å². The van der Waals surface area contributed by atoms with Crippen LogP contribution in [0, 0.1) is 5.82 Å². The first-order valence-electron chi connectivity index (χ1n) is 5.85. The van der Waals surface area contributed by atoms with Crippen molar-refractivity contribution >= 4 is 15.9 Å². The van der Waals surface area contributed by atoms with E-state index in [-0.39, 0.29) is 18.0 Å². The van der Waals surface area contributed by atoms with E-state index in [2.05, 4.69) is 21.2 Å². The van der Waals surface area contributed by atoms with Gasteiger partial charge in [0.2, 0.25) is 0 Å². The molecule has 2 atom stereocenters. The Hall–Kier alpha value is -0.450. The third-order valence-electron chi connectivity index (χ3n) is 2.82. The second kappa shape index (κ2) is 7.09. The Morgan fingerprint density at radius 3 is 2.65 bits per heavy atom. The van der Waals surface area contributed by atoms with E-state index < -0.39 is 0 Å². The van der Waals surface area contributed by atoms with Crippen LogP contribution >= 0.6 is 15.9 Å². The average Bonchev–Trinajstić information content (AvgIpc) is 2.33. The van der Waals surface area contributed by atoms with Gasteiger partial charge in [0.05, 0.1) is 16.6 Å². The molecule has 1 N–H and O–H groups in total. The first-order chi connectivity index (χ1) is 8.15. The van der Waals surface area contributed by atoms with Crippen LogP contribution in [0.4, 0.5) is 4.39 Å². The molecule has 0 spiro atoms. The Morgan fingerprint density at radius 1 is 1.41 bits per heavy atom. The molecule has 0 aromatic heterocycles. The van der Waals surface area contributed by atoms with Crippen LogP contribution in [0.1, 0.15) is 31.9 Å². The smallest absolute Gasteiger partial charge is 0.142 e. The van der Waals surface area contributed by atoms with Crippen molar-refractivity contribution in [2.75, 3.05) is 13.7 Å². The van der Waals surface area contributed by atoms with E-state index in [0.29, 0.717) is 10.0 Å². The number of ether oxygens (including phenoxy) is 1. The summed E-state index contributed by atoms with van der Waals surface area (Å²) < 4.78 is 20.0. The number of methoxy groups -OCH3 is 1. The number of hydrogen-bond donors (Lipinski definition) is 1. The molecule has 0 aliphatic heterocycles. The van der Waals surface area contributed by atoms with Gasteiger partial charge in [0.15, 0.2) is 0 Å². The largest absolute Gasteiger partial charge is 0.379 e. The Labute approximate surface area is 111 Å². The third-order valence-corrected chi connectivity index (χ3v) is 3.43. The number of halogens is 2. The molecule has 0 heterocycles. The van der Waals surface area contributed by atoms with E-state index in [1.54, 1.807) is 19.2 Å². The molecule has 96 valence electrons. The van der Waals surface area contributed by atoms with Gasteiger partial charge in [0.25, 0.3) is 0 Å². The monoisotopic (exact) mass is 303 g/mol. The fraction of sp³-hybridized carbons (Fsp3) is 0.538. The molecule has 1 rings (SSSR count). The second-order valence-corrected chi connectivity index (χ2v) is 4.72. The predicted octanol–water partition coefficient (Wildman–Crippen LogP) is 3.66. The zero-order chi connectivity index (χ0) is 12.8. The summed E-state index contributed by atoms with van der Waals surface area (Å²) in [6.07, 6.45) is 0.805. The van der Waals surface area contributed by atoms with Gasteiger partial charge in [-0.15, -0.1) is 0 Å². The van der Waals surface area contributed by atoms with E-state index in [1.165, 1.54) is 0 Å². The van der Waals surface area contributed by atoms with Crippen LogP contribution in [0.3, 0.4) is 0 Å². The van der Waals surface area contributed by atoms with Crippen molar-refractivity contribution in [2.24, 2.45) is 0 Å². The summed E-state index contributed by atoms with van der Waals surface area (Å²) in [4.78, 5) is 0. The van der Waals surface area contributed by atoms with Crippen molar-refractivity contribution in [1.82, 2.24) is 5.32 Å². The molecule has 17 heavy (non-hydrogen) atoms. The van der Waals surface area contributed by atoms with Gasteiger partial charge in [-0.25, -0.2) is 4.39 Å². The Bertz CT molecular complexity index is 355. The molecule has 0 radical (unpaired) electrons. The SMILES string of the molecule is CCNC(c1cccc(Br)c1F)C(CC)OC. The summed E-state index contributed by atoms with van der Waals surface area (Å²) in [6.45, 7) is 4.82. The zero-order valence-electron chi connectivity index (χ0n) is 10.5. The maximum absolute atomic E-state index is 14.1. The van der Waals surface area contributed by atoms with Crippen LogP contribution in [0.15, 0.2) is 22.7 Å². The quantitative estimate of drug-likeness (QED) is 0.866. The van der Waals surface area contributed by atoms with Crippen molar-refractivity contribution in [2.45, 2.75) is 32.4 Å². The van der Waals surface area contributed by atoms with Crippen molar-refractivity contribution in [3.05, 3.63) is 34.1 Å². The van der Waals surface area contributed by atoms with Crippen molar-refractivity contribution < 1.29 is 9.13 Å². The fourth-order valence-electron chi connectivity index (χ4n) is 1.96. The molecule has 4 heteroatoms. The lowest BCUT2D eigenvalue weighted by Crippen LogP contribution is -2.33. The second-order valence-electron chi connectivity index (χ2n) is 3.86. The molecule has 0 fully saturated rings. The highest BCUT2D eigenvalue weighted by atomic mass is 79.9. The maximum atomic E-state index is 14.1. The van der Waals surface area contributed by atoms with Crippen LogP contribution in [0.25, 0.3) is 0 Å². The Kier molecular flexibility index (Phi) is 6.09. The van der Waals surface area contributed by atoms with Crippen molar-refractivity contribution in [3.63, 3.8) is 0 Å². The summed E-state index contributed by atoms with van der Waals surface area (Å²) in [5, 5.41) is 3.28. The standard InChI is InChI=1S/C13H19BrFNO/c1-4-11(17-3)13(16-5-2)9-7-6-8-10(14)12(9)15/h6-8,11,13,16H,4-5H2,1-3H3. The maximum Gasteiger partial charge on any atom is 0.142 e. The third kappa shape index (κ3) is 3.50. The highest BCUT2D eigenvalue weighted by molar-refractivity contribution is 9.10. The van der Waals surface area contributed by atoms with E-state index >= 15 is 0 Å². The lowest BCUT2D eigenvalue weighted by molar-refractivity contribution is 0.0644. The van der Waals surface area contributed by atoms with Crippen LogP contribution in [-0.2, 0) is 4.74 Å². The van der Waals surface area contributed by atoms with Crippen molar-refractivity contribution in [3.8, 4) is 0 Å². The van der Waals surface area contributed by atoms with Crippen LogP contribution in [0.2, 0.25) is 0 Å². The van der Waals surface area contributed by atoms with E-state index in [0.717, 1.165) is 13.0 Å². The van der Waals surface area contributed by atoms with Gasteiger partial charge in [0, 0.05) is 12.7 Å². The van der Waals surface area contributed by atoms with Crippen molar-refractivity contribution in [1.29, 1.82) is 0 Å². The molecular formula is C13H19BrFNO. The minimum Gasteiger partial charge on any atom is -0.379 e. The molecule has 0 bridgehead atoms. The molecule has 1 aromatic rings. The Balaban J connectivity index is 3.08. The van der Waals surface area contributed by atoms with Crippen LogP contribution in [-0.4, -0.2) is 19.8 Å². The fourth-order valence-corrected chi connectivity index (χ4v) is 2.34. The average molecular weight is 304 g/mol. The van der Waals surface area contributed by atoms with E-state index in [4.69, 9.17) is 4.74 Å². The molecular weight excluding hydrogens is 285 g/mol. The highest BCUT2D eigenvalue weighted by Gasteiger charge is 2.24. The van der Waals surface area contributed by atoms with Gasteiger partial charge < -0.3 is 10.1 Å². The van der Waals surface area contributed by atoms with Gasteiger partial charge >= 0.3 is 0 Å². The molecule has 0 aliphatic rings. The summed E-state index contributed by atoms with van der Waals surface area (Å²) in [5.41, 5.74) is 0.648. The number of hydrogen-bond acceptors (Lipinski definition) is 2. The van der Waals surface area contributed by atoms with Gasteiger partial charge in [-0.05, 0) is 35.0 Å². The van der Waals surface area contributed by atoms with E-state index in [1.807, 2.05) is 19.9 Å². The van der Waals surface area contributed by atoms with Crippen LogP contribution < -0.4 is 5.32 Å². The number of nitrogens with one attached hydrogen (secondary N) is 1. The normalized spacial score (nSPS) is 14.6. The number of likely N-dealkylation sites (N-methyl/N-ethyl adjacent to an activating group) is 1. The lowest BCUT2D eigenvalue weighted by atomic mass is 9.99. The molecule has 0 aliphatic carbocycles. The number of benzene rings is 1. The summed E-state index contributed by atoms with van der Waals surface area (Å²) >= 11 is 3.21. The van der Waals surface area contributed by atoms with E-state index in [9.17, 15) is 4.39 Å². The Morgan fingerprint density at radius 2 is 2.12 bits per heavy atom. The minimum absolute atomic E-state index is 0.0289. The summed E-state index contributed by atoms with van der Waals surface area (Å²) in [6, 6.07) is 5.23. The first kappa shape index (κ1) is 14.6. The molecule has 2 unspecified atom stereocenters. The van der Waals surface area contributed by atoms with Gasteiger partial charge in [-0.3, -0.25) is 0 Å². The summed E-state index contributed by atoms with van der Waals surface area (Å²) in [7, 11) is 1.66. The van der Waals surface area contributed by atoms with Gasteiger partial charge in [-0.2, -0.15) is 0 Å². The van der Waals surface area contributed by atoms with Gasteiger partial charge in [0.1, 0.15) is 5.82 Å². The predicted molar refractivity (Wildman–Crippen MR) is 71.6 cm³/mol. The first-order valence-corrected chi connectivity index (χ1v) is 6.65. The summed E-state index contributed by atoms with van der Waals surface area (Å²) in [5.74, 6) is -0.214.